The first kappa shape index (κ1) is 17.4. The third kappa shape index (κ3) is 6.75. The van der Waals surface area contributed by atoms with Gasteiger partial charge in [0, 0.05) is 36.7 Å². The molecule has 0 spiro atoms. The van der Waals surface area contributed by atoms with Crippen molar-refractivity contribution in [3.8, 4) is 0 Å². The van der Waals surface area contributed by atoms with Crippen LogP contribution < -0.4 is 0 Å². The molecule has 17 heavy (non-hydrogen) atoms. The molecule has 0 fully saturated rings. The van der Waals surface area contributed by atoms with Gasteiger partial charge in [-0.15, -0.1) is 50.5 Å². The topological polar surface area (TPSA) is 0 Å². The van der Waals surface area contributed by atoms with Crippen LogP contribution in [0.1, 0.15) is 0 Å². The molecule has 0 N–H and O–H groups in total. The molecule has 0 saturated heterocycles. The summed E-state index contributed by atoms with van der Waals surface area (Å²) in [5, 5.41) is 0. The van der Waals surface area contributed by atoms with E-state index in [4.69, 9.17) is 0 Å². The van der Waals surface area contributed by atoms with Crippen LogP contribution in [0, 0.1) is 0 Å². The number of hydrogen-bond donors (Lipinski definition) is 4. The largest absolute Gasteiger partial charge is 0.142 e. The summed E-state index contributed by atoms with van der Waals surface area (Å²) in [6.45, 7) is 0. The molecule has 2 rings (SSSR count). The Morgan fingerprint density at radius 3 is 0.765 bits per heavy atom. The van der Waals surface area contributed by atoms with Crippen LogP contribution in [0.15, 0.2) is 68.1 Å². The van der Waals surface area contributed by atoms with Crippen LogP contribution in [-0.4, -0.2) is 0 Å². The van der Waals surface area contributed by atoms with E-state index < -0.39 is 0 Å². The third-order valence-electron chi connectivity index (χ3n) is 1.76. The summed E-state index contributed by atoms with van der Waals surface area (Å²) in [5.74, 6) is 0. The van der Waals surface area contributed by atoms with E-state index in [9.17, 15) is 0 Å². The van der Waals surface area contributed by atoms with E-state index in [2.05, 4.69) is 50.5 Å². The van der Waals surface area contributed by atoms with E-state index in [-0.39, 0.29) is 17.1 Å². The normalized spacial score (nSPS) is 8.71. The maximum atomic E-state index is 4.12. The molecule has 2 aromatic carbocycles. The predicted octanol–water partition coefficient (Wildman–Crippen LogP) is 4.53. The second kappa shape index (κ2) is 9.31. The molecule has 0 bridgehead atoms. The van der Waals surface area contributed by atoms with Crippen LogP contribution >= 0.6 is 50.5 Å². The van der Waals surface area contributed by atoms with Gasteiger partial charge in [0.2, 0.25) is 0 Å². The number of hydrogen-bond acceptors (Lipinski definition) is 4. The fourth-order valence-corrected chi connectivity index (χ4v) is 1.57. The molecule has 0 heterocycles. The molecule has 0 atom stereocenters. The van der Waals surface area contributed by atoms with Crippen molar-refractivity contribution in [1.82, 2.24) is 0 Å². The SMILES string of the molecule is Sc1ccccc1S.Sc1ccccc1S.[Cu]. The summed E-state index contributed by atoms with van der Waals surface area (Å²) >= 11 is 16.5. The fourth-order valence-electron chi connectivity index (χ4n) is 0.928. The standard InChI is InChI=1S/2C6H6S2.Cu/c2*7-5-3-1-2-4-6(5)8;/h2*1-4,7-8H;. The molecule has 0 aromatic heterocycles. The monoisotopic (exact) mass is 347 g/mol. The van der Waals surface area contributed by atoms with Gasteiger partial charge in [-0.2, -0.15) is 0 Å². The predicted molar refractivity (Wildman–Crippen MR) is 81.9 cm³/mol. The maximum absolute atomic E-state index is 4.12. The van der Waals surface area contributed by atoms with Gasteiger partial charge in [-0.3, -0.25) is 0 Å². The zero-order valence-electron chi connectivity index (χ0n) is 8.71. The van der Waals surface area contributed by atoms with Gasteiger partial charge in [0.1, 0.15) is 0 Å². The van der Waals surface area contributed by atoms with Gasteiger partial charge in [0.05, 0.1) is 0 Å². The van der Waals surface area contributed by atoms with Crippen molar-refractivity contribution in [3.05, 3.63) is 48.5 Å². The Balaban J connectivity index is 0.000000284. The molecule has 0 nitrogen and oxygen atoms in total. The second-order valence-electron chi connectivity index (χ2n) is 2.98. The van der Waals surface area contributed by atoms with E-state index in [0.717, 1.165) is 19.6 Å². The van der Waals surface area contributed by atoms with Crippen molar-refractivity contribution in [2.75, 3.05) is 0 Å². The summed E-state index contributed by atoms with van der Waals surface area (Å²) in [7, 11) is 0. The molecule has 0 aliphatic rings. The van der Waals surface area contributed by atoms with Gasteiger partial charge < -0.3 is 0 Å². The maximum Gasteiger partial charge on any atom is 0.0174 e. The fraction of sp³-hybridized carbons (Fsp3) is 0. The Bertz CT molecular complexity index is 374. The van der Waals surface area contributed by atoms with Crippen molar-refractivity contribution in [2.45, 2.75) is 19.6 Å². The van der Waals surface area contributed by atoms with Crippen LogP contribution in [0.25, 0.3) is 0 Å². The van der Waals surface area contributed by atoms with E-state index in [1.54, 1.807) is 0 Å². The van der Waals surface area contributed by atoms with E-state index >= 15 is 0 Å². The minimum absolute atomic E-state index is 0. The Labute approximate surface area is 135 Å². The van der Waals surface area contributed by atoms with Gasteiger partial charge in [0.15, 0.2) is 0 Å². The average molecular weight is 348 g/mol. The summed E-state index contributed by atoms with van der Waals surface area (Å²) in [6, 6.07) is 15.4. The zero-order valence-corrected chi connectivity index (χ0v) is 13.2. The van der Waals surface area contributed by atoms with Crippen LogP contribution in [0.5, 0.6) is 0 Å². The van der Waals surface area contributed by atoms with Crippen molar-refractivity contribution in [1.29, 1.82) is 0 Å². The molecule has 0 aliphatic carbocycles. The Morgan fingerprint density at radius 1 is 0.471 bits per heavy atom. The molecule has 0 aliphatic heterocycles. The van der Waals surface area contributed by atoms with Crippen LogP contribution in [0.3, 0.4) is 0 Å². The van der Waals surface area contributed by atoms with Gasteiger partial charge in [0.25, 0.3) is 0 Å². The first-order chi connectivity index (χ1) is 7.61. The Kier molecular flexibility index (Phi) is 9.51. The molecule has 2 aromatic rings. The average Bonchev–Trinajstić information content (AvgIpc) is 2.28. The first-order valence-electron chi connectivity index (χ1n) is 4.55. The number of rotatable bonds is 0. The van der Waals surface area contributed by atoms with Crippen molar-refractivity contribution >= 4 is 50.5 Å². The van der Waals surface area contributed by atoms with Crippen LogP contribution in [0.4, 0.5) is 0 Å². The molecular weight excluding hydrogens is 336 g/mol. The molecule has 0 unspecified atom stereocenters. The summed E-state index contributed by atoms with van der Waals surface area (Å²) in [5.41, 5.74) is 0. The Morgan fingerprint density at radius 2 is 0.647 bits per heavy atom. The second-order valence-corrected chi connectivity index (χ2v) is 4.90. The Hall–Kier alpha value is 0.359. The van der Waals surface area contributed by atoms with Gasteiger partial charge >= 0.3 is 0 Å². The van der Waals surface area contributed by atoms with Crippen LogP contribution in [-0.2, 0) is 17.1 Å². The summed E-state index contributed by atoms with van der Waals surface area (Å²) in [6.07, 6.45) is 0. The minimum atomic E-state index is 0. The van der Waals surface area contributed by atoms with Crippen molar-refractivity contribution < 1.29 is 17.1 Å². The molecule has 95 valence electrons. The molecule has 1 radical (unpaired) electrons. The molecule has 5 heteroatoms. The number of benzene rings is 2. The zero-order chi connectivity index (χ0) is 12.0. The smallest absolute Gasteiger partial charge is 0.0174 e. The molecule has 0 amide bonds. The van der Waals surface area contributed by atoms with Gasteiger partial charge in [-0.25, -0.2) is 0 Å². The van der Waals surface area contributed by atoms with Gasteiger partial charge in [-0.05, 0) is 24.3 Å². The first-order valence-corrected chi connectivity index (χ1v) is 6.34. The minimum Gasteiger partial charge on any atom is -0.142 e. The molecular formula is C12H12CuS4. The van der Waals surface area contributed by atoms with Crippen molar-refractivity contribution in [3.63, 3.8) is 0 Å². The van der Waals surface area contributed by atoms with E-state index in [1.807, 2.05) is 48.5 Å². The van der Waals surface area contributed by atoms with E-state index in [0.29, 0.717) is 0 Å². The van der Waals surface area contributed by atoms with Crippen molar-refractivity contribution in [2.24, 2.45) is 0 Å². The van der Waals surface area contributed by atoms with Crippen LogP contribution in [0.2, 0.25) is 0 Å². The van der Waals surface area contributed by atoms with Gasteiger partial charge in [-0.1, -0.05) is 24.3 Å². The number of thiol groups is 4. The summed E-state index contributed by atoms with van der Waals surface area (Å²) in [4.78, 5) is 3.71. The quantitative estimate of drug-likeness (QED) is 0.390. The third-order valence-corrected chi connectivity index (χ3v) is 3.68. The van der Waals surface area contributed by atoms with E-state index in [1.165, 1.54) is 0 Å². The summed E-state index contributed by atoms with van der Waals surface area (Å²) < 4.78 is 0. The molecule has 0 saturated carbocycles.